The lowest BCUT2D eigenvalue weighted by atomic mass is 9.70. The molecule has 0 fully saturated rings. The maximum Gasteiger partial charge on any atom is 0.158 e. The summed E-state index contributed by atoms with van der Waals surface area (Å²) in [6, 6.07) is 47.5. The van der Waals surface area contributed by atoms with E-state index in [1.165, 1.54) is 77.3 Å². The van der Waals surface area contributed by atoms with Crippen molar-refractivity contribution < 1.29 is 4.42 Å². The molecular weight excluding hydrogens is 546 g/mol. The van der Waals surface area contributed by atoms with Crippen molar-refractivity contribution in [1.82, 2.24) is 4.57 Å². The fourth-order valence-corrected chi connectivity index (χ4v) is 9.02. The number of allylic oxidation sites excluding steroid dienone is 1. The molecule has 2 heteroatoms. The van der Waals surface area contributed by atoms with Crippen LogP contribution in [0.25, 0.3) is 66.8 Å². The molecule has 0 atom stereocenters. The molecule has 1 spiro atoms. The van der Waals surface area contributed by atoms with Gasteiger partial charge in [0, 0.05) is 33.7 Å². The Kier molecular flexibility index (Phi) is 4.40. The first-order chi connectivity index (χ1) is 22.4. The van der Waals surface area contributed by atoms with E-state index in [0.29, 0.717) is 0 Å². The molecule has 2 heterocycles. The monoisotopic (exact) mass is 573 g/mol. The summed E-state index contributed by atoms with van der Waals surface area (Å²) in [5.41, 5.74) is 16.0. The summed E-state index contributed by atoms with van der Waals surface area (Å²) in [5.74, 6) is 1.09. The van der Waals surface area contributed by atoms with E-state index in [4.69, 9.17) is 4.42 Å². The molecule has 8 aromatic rings. The first kappa shape index (κ1) is 23.8. The van der Waals surface area contributed by atoms with Crippen molar-refractivity contribution in [2.75, 3.05) is 0 Å². The van der Waals surface area contributed by atoms with Gasteiger partial charge in [0.2, 0.25) is 0 Å². The molecule has 0 N–H and O–H groups in total. The number of fused-ring (bicyclic) bond motifs is 17. The SMILES string of the molecule is C1=Cc2c(oc3c(-n4c5ccccc5c5ccc6c(c54)C4(c5ccccc5-c5ccccc54)c4ccccc4-6)cccc23)CC1. The molecule has 2 aromatic heterocycles. The minimum atomic E-state index is -0.441. The van der Waals surface area contributed by atoms with E-state index in [1.54, 1.807) is 0 Å². The Balaban J connectivity index is 1.38. The Bertz CT molecular complexity index is 2540. The minimum Gasteiger partial charge on any atom is -0.458 e. The van der Waals surface area contributed by atoms with Crippen LogP contribution in [-0.4, -0.2) is 4.57 Å². The zero-order valence-electron chi connectivity index (χ0n) is 24.5. The molecule has 210 valence electrons. The van der Waals surface area contributed by atoms with E-state index < -0.39 is 5.41 Å². The van der Waals surface area contributed by atoms with Gasteiger partial charge in [-0.2, -0.15) is 0 Å². The first-order valence-corrected chi connectivity index (χ1v) is 15.9. The Morgan fingerprint density at radius 2 is 1.20 bits per heavy atom. The number of nitrogens with zero attached hydrogens (tertiary/aromatic N) is 1. The smallest absolute Gasteiger partial charge is 0.158 e. The molecule has 11 rings (SSSR count). The number of rotatable bonds is 1. The first-order valence-electron chi connectivity index (χ1n) is 15.9. The molecule has 0 saturated heterocycles. The molecule has 0 aliphatic heterocycles. The molecule has 3 aliphatic rings. The summed E-state index contributed by atoms with van der Waals surface area (Å²) in [6.45, 7) is 0. The highest BCUT2D eigenvalue weighted by Crippen LogP contribution is 2.64. The van der Waals surface area contributed by atoms with Crippen LogP contribution in [0.15, 0.2) is 138 Å². The number of hydrogen-bond acceptors (Lipinski definition) is 1. The fourth-order valence-electron chi connectivity index (χ4n) is 9.02. The van der Waals surface area contributed by atoms with Gasteiger partial charge in [-0.15, -0.1) is 0 Å². The Hall–Kier alpha value is -5.60. The van der Waals surface area contributed by atoms with E-state index in [0.717, 1.165) is 29.9 Å². The normalized spacial score (nSPS) is 15.0. The van der Waals surface area contributed by atoms with Crippen molar-refractivity contribution in [3.05, 3.63) is 167 Å². The third kappa shape index (κ3) is 2.73. The minimum absolute atomic E-state index is 0.441. The summed E-state index contributed by atoms with van der Waals surface area (Å²) in [4.78, 5) is 0. The number of hydrogen-bond donors (Lipinski definition) is 0. The second-order valence-corrected chi connectivity index (χ2v) is 12.7. The van der Waals surface area contributed by atoms with Crippen molar-refractivity contribution in [2.24, 2.45) is 0 Å². The van der Waals surface area contributed by atoms with Gasteiger partial charge in [0.25, 0.3) is 0 Å². The van der Waals surface area contributed by atoms with E-state index in [2.05, 4.69) is 144 Å². The van der Waals surface area contributed by atoms with Crippen LogP contribution in [0.5, 0.6) is 0 Å². The highest BCUT2D eigenvalue weighted by atomic mass is 16.3. The maximum absolute atomic E-state index is 6.78. The van der Waals surface area contributed by atoms with Crippen LogP contribution in [0.2, 0.25) is 0 Å². The Labute approximate surface area is 260 Å². The molecule has 0 radical (unpaired) electrons. The van der Waals surface area contributed by atoms with Crippen LogP contribution in [0.1, 0.15) is 40.0 Å². The lowest BCUT2D eigenvalue weighted by Crippen LogP contribution is -2.26. The van der Waals surface area contributed by atoms with Gasteiger partial charge >= 0.3 is 0 Å². The van der Waals surface area contributed by atoms with E-state index in [1.807, 2.05) is 0 Å². The number of aromatic nitrogens is 1. The standard InChI is InChI=1S/C43H27NO/c1-6-18-34-26(12-1)27-13-2-7-19-35(27)43(34)36-20-8-3-14-28(36)31-24-25-32-29-15-4-9-21-37(29)44(41(32)40(31)43)38-22-11-17-33-30-16-5-10-23-39(30)45-42(33)38/h1-9,11-22,24-25H,10,23H2. The van der Waals surface area contributed by atoms with Crippen LogP contribution >= 0.6 is 0 Å². The summed E-state index contributed by atoms with van der Waals surface area (Å²) < 4.78 is 9.30. The van der Waals surface area contributed by atoms with Gasteiger partial charge < -0.3 is 8.98 Å². The van der Waals surface area contributed by atoms with E-state index in [-0.39, 0.29) is 0 Å². The number of furan rings is 1. The van der Waals surface area contributed by atoms with Crippen molar-refractivity contribution in [1.29, 1.82) is 0 Å². The second-order valence-electron chi connectivity index (χ2n) is 12.7. The Morgan fingerprint density at radius 1 is 0.556 bits per heavy atom. The quantitative estimate of drug-likeness (QED) is 0.191. The van der Waals surface area contributed by atoms with Gasteiger partial charge in [-0.05, 0) is 57.5 Å². The van der Waals surface area contributed by atoms with Crippen molar-refractivity contribution in [2.45, 2.75) is 18.3 Å². The van der Waals surface area contributed by atoms with Gasteiger partial charge in [0.15, 0.2) is 5.58 Å². The number of aryl methyl sites for hydroxylation is 1. The lowest BCUT2D eigenvalue weighted by molar-refractivity contribution is 0.545. The van der Waals surface area contributed by atoms with Crippen LogP contribution in [0.3, 0.4) is 0 Å². The molecular formula is C43H27NO. The topological polar surface area (TPSA) is 18.1 Å². The zero-order valence-corrected chi connectivity index (χ0v) is 24.5. The molecule has 0 unspecified atom stereocenters. The third-order valence-corrected chi connectivity index (χ3v) is 10.7. The predicted molar refractivity (Wildman–Crippen MR) is 184 cm³/mol. The van der Waals surface area contributed by atoms with E-state index >= 15 is 0 Å². The molecule has 45 heavy (non-hydrogen) atoms. The van der Waals surface area contributed by atoms with Gasteiger partial charge in [-0.1, -0.05) is 127 Å². The van der Waals surface area contributed by atoms with Gasteiger partial charge in [-0.25, -0.2) is 0 Å². The summed E-state index contributed by atoms with van der Waals surface area (Å²) >= 11 is 0. The summed E-state index contributed by atoms with van der Waals surface area (Å²) in [7, 11) is 0. The van der Waals surface area contributed by atoms with Gasteiger partial charge in [0.1, 0.15) is 5.76 Å². The molecule has 0 amide bonds. The van der Waals surface area contributed by atoms with Crippen LogP contribution in [-0.2, 0) is 11.8 Å². The van der Waals surface area contributed by atoms with Crippen LogP contribution in [0.4, 0.5) is 0 Å². The average Bonchev–Trinajstić information content (AvgIpc) is 3.82. The lowest BCUT2D eigenvalue weighted by Gasteiger charge is -2.31. The maximum atomic E-state index is 6.78. The third-order valence-electron chi connectivity index (χ3n) is 10.7. The summed E-state index contributed by atoms with van der Waals surface area (Å²) in [6.07, 6.45) is 6.47. The molecule has 0 saturated carbocycles. The molecule has 2 nitrogen and oxygen atoms in total. The number of para-hydroxylation sites is 2. The largest absolute Gasteiger partial charge is 0.458 e. The predicted octanol–water partition coefficient (Wildman–Crippen LogP) is 10.8. The highest BCUT2D eigenvalue weighted by Gasteiger charge is 2.53. The molecule has 0 bridgehead atoms. The fraction of sp³-hybridized carbons (Fsp3) is 0.0698. The van der Waals surface area contributed by atoms with Crippen molar-refractivity contribution >= 4 is 38.9 Å². The average molecular weight is 574 g/mol. The van der Waals surface area contributed by atoms with Crippen LogP contribution in [0, 0.1) is 0 Å². The van der Waals surface area contributed by atoms with Crippen molar-refractivity contribution in [3.63, 3.8) is 0 Å². The molecule has 6 aromatic carbocycles. The van der Waals surface area contributed by atoms with Crippen LogP contribution < -0.4 is 0 Å². The van der Waals surface area contributed by atoms with Gasteiger partial charge in [0.05, 0.1) is 22.1 Å². The highest BCUT2D eigenvalue weighted by molar-refractivity contribution is 6.15. The Morgan fingerprint density at radius 3 is 1.96 bits per heavy atom. The van der Waals surface area contributed by atoms with Crippen molar-refractivity contribution in [3.8, 4) is 27.9 Å². The second kappa shape index (κ2) is 8.31. The van der Waals surface area contributed by atoms with E-state index in [9.17, 15) is 0 Å². The zero-order chi connectivity index (χ0) is 29.3. The number of benzene rings is 6. The van der Waals surface area contributed by atoms with Gasteiger partial charge in [-0.3, -0.25) is 0 Å². The summed E-state index contributed by atoms with van der Waals surface area (Å²) in [5, 5.41) is 3.72. The molecule has 3 aliphatic carbocycles.